The molecule has 0 aliphatic heterocycles. The number of aromatic nitrogens is 5. The van der Waals surface area contributed by atoms with Crippen molar-refractivity contribution in [3.05, 3.63) is 254 Å². The fourth-order valence-corrected chi connectivity index (χ4v) is 11.8. The number of fused-ring (bicyclic) bond motifs is 9. The molecular formula is C70H47N5O. The summed E-state index contributed by atoms with van der Waals surface area (Å²) in [6.45, 7) is 2.31. The summed E-state index contributed by atoms with van der Waals surface area (Å²) < 4.78 is 11.0. The molecule has 10 aromatic carbocycles. The first-order valence-corrected chi connectivity index (χ1v) is 26.1. The zero-order valence-electron chi connectivity index (χ0n) is 41.6. The Bertz CT molecular complexity index is 4630. The van der Waals surface area contributed by atoms with E-state index in [-0.39, 0.29) is 0 Å². The second-order valence-electron chi connectivity index (χ2n) is 20.0. The molecular weight excluding hydrogens is 927 g/mol. The Morgan fingerprint density at radius 1 is 0.395 bits per heavy atom. The van der Waals surface area contributed by atoms with Crippen LogP contribution in [-0.2, 0) is 0 Å². The summed E-state index contributed by atoms with van der Waals surface area (Å²) in [6, 6.07) is 82.3. The highest BCUT2D eigenvalue weighted by Crippen LogP contribution is 2.42. The third-order valence-corrected chi connectivity index (χ3v) is 15.5. The lowest BCUT2D eigenvalue weighted by Crippen LogP contribution is -2.07. The Morgan fingerprint density at radius 3 is 1.74 bits per heavy atom. The van der Waals surface area contributed by atoms with Crippen LogP contribution in [-0.4, -0.2) is 24.1 Å². The number of para-hydroxylation sites is 5. The Kier molecular flexibility index (Phi) is 10.1. The number of allylic oxidation sites excluding steroid dienone is 4. The smallest absolute Gasteiger partial charge is 0.238 e. The van der Waals surface area contributed by atoms with Crippen molar-refractivity contribution in [2.75, 3.05) is 0 Å². The zero-order valence-corrected chi connectivity index (χ0v) is 41.6. The summed E-state index contributed by atoms with van der Waals surface area (Å²) in [7, 11) is 0. The van der Waals surface area contributed by atoms with E-state index in [2.05, 4.69) is 247 Å². The first-order valence-electron chi connectivity index (χ1n) is 26.1. The summed E-state index contributed by atoms with van der Waals surface area (Å²) >= 11 is 0. The van der Waals surface area contributed by atoms with E-state index in [4.69, 9.17) is 19.4 Å². The molecule has 0 amide bonds. The van der Waals surface area contributed by atoms with Gasteiger partial charge in [0.2, 0.25) is 5.95 Å². The minimum atomic E-state index is 0.430. The van der Waals surface area contributed by atoms with Crippen LogP contribution >= 0.6 is 0 Å². The molecule has 1 aliphatic rings. The van der Waals surface area contributed by atoms with Gasteiger partial charge in [-0.1, -0.05) is 195 Å². The van der Waals surface area contributed by atoms with Crippen LogP contribution in [0, 0.1) is 5.92 Å². The standard InChI is InChI=1S/C70H47N5O/c1-44-17-5-6-22-52(44)49-20-15-21-50(41-49)53-27-16-28-58-56-25-9-13-31-63(56)75(67(53)58)70-72-68(71-69(73-70)51-38-40-66-60(43-51)57-26-10-14-32-65(57)76-66)47-35-33-46(34-36-47)59-42-48(45-18-3-2-4-19-45)37-39-64(59)74-61-29-11-7-23-54(61)55-24-8-12-30-62(55)74/h2-16,18-44H,17H2,1H3. The largest absolute Gasteiger partial charge is 0.456 e. The molecule has 1 unspecified atom stereocenters. The van der Waals surface area contributed by atoms with Gasteiger partial charge in [0.05, 0.1) is 27.8 Å². The van der Waals surface area contributed by atoms with E-state index >= 15 is 0 Å². The number of nitrogens with zero attached hydrogens (tertiary/aromatic N) is 5. The van der Waals surface area contributed by atoms with Crippen LogP contribution in [0.1, 0.15) is 18.9 Å². The molecule has 0 spiro atoms. The van der Waals surface area contributed by atoms with Gasteiger partial charge in [0.1, 0.15) is 11.2 Å². The molecule has 0 saturated heterocycles. The van der Waals surface area contributed by atoms with Crippen LogP contribution in [0.2, 0.25) is 0 Å². The maximum atomic E-state index is 6.31. The van der Waals surface area contributed by atoms with Gasteiger partial charge >= 0.3 is 0 Å². The predicted octanol–water partition coefficient (Wildman–Crippen LogP) is 18.3. The molecule has 0 bridgehead atoms. The van der Waals surface area contributed by atoms with Gasteiger partial charge in [0.15, 0.2) is 11.6 Å². The molecule has 1 aliphatic carbocycles. The van der Waals surface area contributed by atoms with E-state index in [1.807, 2.05) is 18.2 Å². The van der Waals surface area contributed by atoms with Gasteiger partial charge in [-0.05, 0) is 106 Å². The average molecular weight is 974 g/mol. The zero-order chi connectivity index (χ0) is 50.3. The molecule has 0 saturated carbocycles. The SMILES string of the molecule is CC1CC=CC=C1c1cccc(-c2cccc3c4ccccc4n(-c4nc(-c5ccc(-c6cc(-c7ccccc7)ccc6-n6c7ccccc7c7ccccc76)cc5)nc(-c5ccc6oc7ccccc7c6c5)n4)c23)c1. The number of furan rings is 1. The topological polar surface area (TPSA) is 61.7 Å². The minimum absolute atomic E-state index is 0.430. The van der Waals surface area contributed by atoms with Gasteiger partial charge in [0, 0.05) is 54.6 Å². The summed E-state index contributed by atoms with van der Waals surface area (Å²) in [5.74, 6) is 2.10. The summed E-state index contributed by atoms with van der Waals surface area (Å²) in [5.41, 5.74) is 18.2. The lowest BCUT2D eigenvalue weighted by atomic mass is 9.87. The van der Waals surface area contributed by atoms with Crippen molar-refractivity contribution in [1.29, 1.82) is 0 Å². The van der Waals surface area contributed by atoms with Crippen molar-refractivity contribution < 1.29 is 4.42 Å². The lowest BCUT2D eigenvalue weighted by Gasteiger charge is -2.18. The number of hydrogen-bond donors (Lipinski definition) is 0. The van der Waals surface area contributed by atoms with Crippen LogP contribution in [0.3, 0.4) is 0 Å². The molecule has 6 heteroatoms. The van der Waals surface area contributed by atoms with Crippen LogP contribution in [0.25, 0.3) is 139 Å². The molecule has 358 valence electrons. The van der Waals surface area contributed by atoms with Crippen LogP contribution < -0.4 is 0 Å². The summed E-state index contributed by atoms with van der Waals surface area (Å²) in [5, 5.41) is 6.75. The fraction of sp³-hybridized carbons (Fsp3) is 0.0429. The van der Waals surface area contributed by atoms with E-state index in [0.717, 1.165) is 111 Å². The number of hydrogen-bond acceptors (Lipinski definition) is 4. The second kappa shape index (κ2) is 17.6. The van der Waals surface area contributed by atoms with Crippen molar-refractivity contribution in [3.63, 3.8) is 0 Å². The molecule has 6 nitrogen and oxygen atoms in total. The maximum Gasteiger partial charge on any atom is 0.238 e. The van der Waals surface area contributed by atoms with Crippen molar-refractivity contribution in [2.24, 2.45) is 5.92 Å². The second-order valence-corrected chi connectivity index (χ2v) is 20.0. The Hall–Kier alpha value is -9.91. The normalized spacial score (nSPS) is 13.7. The molecule has 15 rings (SSSR count). The monoisotopic (exact) mass is 973 g/mol. The highest BCUT2D eigenvalue weighted by Gasteiger charge is 2.23. The number of rotatable bonds is 8. The van der Waals surface area contributed by atoms with E-state index in [1.54, 1.807) is 0 Å². The summed E-state index contributed by atoms with van der Waals surface area (Å²) in [4.78, 5) is 16.3. The molecule has 14 aromatic rings. The Morgan fingerprint density at radius 2 is 0.974 bits per heavy atom. The van der Waals surface area contributed by atoms with Crippen LogP contribution in [0.5, 0.6) is 0 Å². The molecule has 1 atom stereocenters. The molecule has 0 fully saturated rings. The first kappa shape index (κ1) is 43.7. The van der Waals surface area contributed by atoms with Gasteiger partial charge in [-0.2, -0.15) is 9.97 Å². The van der Waals surface area contributed by atoms with Gasteiger partial charge in [-0.15, -0.1) is 0 Å². The van der Waals surface area contributed by atoms with Gasteiger partial charge in [0.25, 0.3) is 0 Å². The lowest BCUT2D eigenvalue weighted by molar-refractivity contribution is 0.669. The van der Waals surface area contributed by atoms with Crippen molar-refractivity contribution in [3.8, 4) is 67.8 Å². The Balaban J connectivity index is 0.938. The predicted molar refractivity (Wildman–Crippen MR) is 314 cm³/mol. The van der Waals surface area contributed by atoms with E-state index in [9.17, 15) is 0 Å². The minimum Gasteiger partial charge on any atom is -0.456 e. The molecule has 4 aromatic heterocycles. The van der Waals surface area contributed by atoms with Gasteiger partial charge in [-0.3, -0.25) is 4.57 Å². The molecule has 0 radical (unpaired) electrons. The van der Waals surface area contributed by atoms with Crippen LogP contribution in [0.15, 0.2) is 253 Å². The number of benzene rings is 10. The van der Waals surface area contributed by atoms with Gasteiger partial charge < -0.3 is 8.98 Å². The fourth-order valence-electron chi connectivity index (χ4n) is 11.8. The highest BCUT2D eigenvalue weighted by molar-refractivity contribution is 6.14. The molecule has 4 heterocycles. The van der Waals surface area contributed by atoms with Crippen molar-refractivity contribution >= 4 is 71.1 Å². The van der Waals surface area contributed by atoms with Crippen molar-refractivity contribution in [1.82, 2.24) is 24.1 Å². The quantitative estimate of drug-likeness (QED) is 0.152. The first-order chi connectivity index (χ1) is 37.6. The van der Waals surface area contributed by atoms with E-state index < -0.39 is 0 Å². The van der Waals surface area contributed by atoms with E-state index in [0.29, 0.717) is 23.5 Å². The molecule has 0 N–H and O–H groups in total. The third kappa shape index (κ3) is 7.13. The summed E-state index contributed by atoms with van der Waals surface area (Å²) in [6.07, 6.45) is 7.74. The maximum absolute atomic E-state index is 6.31. The van der Waals surface area contributed by atoms with Crippen molar-refractivity contribution in [2.45, 2.75) is 13.3 Å². The van der Waals surface area contributed by atoms with Crippen LogP contribution in [0.4, 0.5) is 0 Å². The Labute approximate surface area is 438 Å². The third-order valence-electron chi connectivity index (χ3n) is 15.5. The highest BCUT2D eigenvalue weighted by atomic mass is 16.3. The average Bonchev–Trinajstić information content (AvgIpc) is 4.16. The molecule has 76 heavy (non-hydrogen) atoms. The van der Waals surface area contributed by atoms with E-state index in [1.165, 1.54) is 21.9 Å². The van der Waals surface area contributed by atoms with Gasteiger partial charge in [-0.25, -0.2) is 4.98 Å².